The zero-order valence-electron chi connectivity index (χ0n) is 18.0. The minimum absolute atomic E-state index is 0.0764. The molecule has 0 unspecified atom stereocenters. The first-order valence-electron chi connectivity index (χ1n) is 10.5. The van der Waals surface area contributed by atoms with E-state index in [1.54, 1.807) is 34.1 Å². The van der Waals surface area contributed by atoms with E-state index in [0.29, 0.717) is 42.4 Å². The fourth-order valence-corrected chi connectivity index (χ4v) is 4.35. The number of thiazole rings is 1. The van der Waals surface area contributed by atoms with Crippen LogP contribution >= 0.6 is 11.3 Å². The van der Waals surface area contributed by atoms with Gasteiger partial charge in [0.25, 0.3) is 11.8 Å². The first-order chi connectivity index (χ1) is 15.4. The lowest BCUT2D eigenvalue weighted by Crippen LogP contribution is -2.54. The van der Waals surface area contributed by atoms with E-state index >= 15 is 0 Å². The van der Waals surface area contributed by atoms with Crippen LogP contribution in [0, 0.1) is 0 Å². The van der Waals surface area contributed by atoms with Crippen molar-refractivity contribution >= 4 is 44.5 Å². The lowest BCUT2D eigenvalue weighted by atomic mass is 10.1. The summed E-state index contributed by atoms with van der Waals surface area (Å²) in [5.41, 5.74) is 1.81. The third-order valence-corrected chi connectivity index (χ3v) is 6.13. The van der Waals surface area contributed by atoms with E-state index < -0.39 is 0 Å². The van der Waals surface area contributed by atoms with Crippen LogP contribution in [0.1, 0.15) is 34.6 Å². The summed E-state index contributed by atoms with van der Waals surface area (Å²) < 4.78 is 1.01. The monoisotopic (exact) mass is 451 g/mol. The molecule has 4 rings (SSSR count). The third kappa shape index (κ3) is 4.88. The van der Waals surface area contributed by atoms with E-state index in [2.05, 4.69) is 15.6 Å². The molecule has 1 aliphatic rings. The number of hydrogen-bond acceptors (Lipinski definition) is 5. The molecule has 0 atom stereocenters. The van der Waals surface area contributed by atoms with Gasteiger partial charge in [0.15, 0.2) is 5.13 Å². The second kappa shape index (κ2) is 9.35. The van der Waals surface area contributed by atoms with Gasteiger partial charge in [-0.1, -0.05) is 23.5 Å². The summed E-state index contributed by atoms with van der Waals surface area (Å²) in [5.74, 6) is -0.375. The first kappa shape index (κ1) is 21.8. The molecule has 0 aliphatic carbocycles. The Balaban J connectivity index is 1.34. The first-order valence-corrected chi connectivity index (χ1v) is 11.3. The van der Waals surface area contributed by atoms with Crippen molar-refractivity contribution in [2.24, 2.45) is 0 Å². The minimum Gasteiger partial charge on any atom is -0.336 e. The van der Waals surface area contributed by atoms with Crippen LogP contribution in [0.2, 0.25) is 0 Å². The molecule has 1 saturated heterocycles. The normalized spacial score (nSPS) is 14.0. The number of urea groups is 1. The van der Waals surface area contributed by atoms with Crippen molar-refractivity contribution in [3.05, 3.63) is 59.7 Å². The van der Waals surface area contributed by atoms with Crippen molar-refractivity contribution in [2.45, 2.75) is 19.9 Å². The van der Waals surface area contributed by atoms with Gasteiger partial charge in [-0.2, -0.15) is 0 Å². The van der Waals surface area contributed by atoms with E-state index in [1.165, 1.54) is 11.3 Å². The molecule has 0 radical (unpaired) electrons. The smallest absolute Gasteiger partial charge is 0.317 e. The van der Waals surface area contributed by atoms with Crippen molar-refractivity contribution < 1.29 is 14.4 Å². The van der Waals surface area contributed by atoms with Crippen molar-refractivity contribution in [2.75, 3.05) is 31.5 Å². The molecule has 4 amide bonds. The Bertz CT molecular complexity index is 1100. The molecule has 0 saturated carbocycles. The van der Waals surface area contributed by atoms with Crippen LogP contribution in [0.25, 0.3) is 10.2 Å². The predicted octanol–water partition coefficient (Wildman–Crippen LogP) is 3.42. The molecule has 1 aromatic heterocycles. The number of fused-ring (bicyclic) bond motifs is 1. The Morgan fingerprint density at radius 1 is 0.906 bits per heavy atom. The molecular formula is C23H25N5O3S. The number of anilines is 1. The average molecular weight is 452 g/mol. The quantitative estimate of drug-likeness (QED) is 0.635. The number of carbonyl (C=O) groups is 3. The minimum atomic E-state index is -0.271. The number of piperazine rings is 1. The maximum absolute atomic E-state index is 12.8. The van der Waals surface area contributed by atoms with Crippen LogP contribution in [0.15, 0.2) is 48.5 Å². The number of amides is 4. The number of nitrogens with one attached hydrogen (secondary N) is 2. The number of para-hydroxylation sites is 1. The maximum Gasteiger partial charge on any atom is 0.317 e. The van der Waals surface area contributed by atoms with Gasteiger partial charge in [0.2, 0.25) is 0 Å². The molecule has 8 nitrogen and oxygen atoms in total. The van der Waals surface area contributed by atoms with E-state index in [0.717, 1.165) is 10.2 Å². The van der Waals surface area contributed by atoms with E-state index in [4.69, 9.17) is 0 Å². The SMILES string of the molecule is CC(C)NC(=O)N1CCN(C(=O)c2ccc(C(=O)Nc3nc4ccccc4s3)cc2)CC1. The van der Waals surface area contributed by atoms with Crippen LogP contribution in [-0.4, -0.2) is 64.9 Å². The molecule has 2 heterocycles. The lowest BCUT2D eigenvalue weighted by molar-refractivity contribution is 0.0663. The van der Waals surface area contributed by atoms with Crippen molar-refractivity contribution in [1.82, 2.24) is 20.1 Å². The zero-order valence-corrected chi connectivity index (χ0v) is 18.8. The van der Waals surface area contributed by atoms with Crippen LogP contribution in [0.3, 0.4) is 0 Å². The molecule has 3 aromatic rings. The summed E-state index contributed by atoms with van der Waals surface area (Å²) >= 11 is 1.42. The van der Waals surface area contributed by atoms with Gasteiger partial charge in [-0.05, 0) is 50.2 Å². The molecular weight excluding hydrogens is 426 g/mol. The number of aromatic nitrogens is 1. The van der Waals surface area contributed by atoms with Crippen molar-refractivity contribution in [3.8, 4) is 0 Å². The number of benzene rings is 2. The molecule has 2 aromatic carbocycles. The Labute approximate surface area is 190 Å². The van der Waals surface area contributed by atoms with Crippen molar-refractivity contribution in [3.63, 3.8) is 0 Å². The highest BCUT2D eigenvalue weighted by Crippen LogP contribution is 2.25. The number of rotatable bonds is 4. The van der Waals surface area contributed by atoms with Crippen LogP contribution in [-0.2, 0) is 0 Å². The van der Waals surface area contributed by atoms with Gasteiger partial charge in [-0.15, -0.1) is 0 Å². The fraction of sp³-hybridized carbons (Fsp3) is 0.304. The molecule has 166 valence electrons. The number of carbonyl (C=O) groups excluding carboxylic acids is 3. The highest BCUT2D eigenvalue weighted by atomic mass is 32.1. The average Bonchev–Trinajstić information content (AvgIpc) is 3.20. The third-order valence-electron chi connectivity index (χ3n) is 5.17. The lowest BCUT2D eigenvalue weighted by Gasteiger charge is -2.35. The Kier molecular flexibility index (Phi) is 6.36. The second-order valence-corrected chi connectivity index (χ2v) is 8.93. The molecule has 9 heteroatoms. The Morgan fingerprint density at radius 2 is 1.53 bits per heavy atom. The number of hydrogen-bond donors (Lipinski definition) is 2. The maximum atomic E-state index is 12.8. The molecule has 1 aliphatic heterocycles. The molecule has 2 N–H and O–H groups in total. The molecule has 1 fully saturated rings. The van der Waals surface area contributed by atoms with Gasteiger partial charge < -0.3 is 15.1 Å². The topological polar surface area (TPSA) is 94.6 Å². The number of nitrogens with zero attached hydrogens (tertiary/aromatic N) is 3. The predicted molar refractivity (Wildman–Crippen MR) is 125 cm³/mol. The fourth-order valence-electron chi connectivity index (χ4n) is 3.49. The highest BCUT2D eigenvalue weighted by Gasteiger charge is 2.25. The van der Waals surface area contributed by atoms with Gasteiger partial charge in [0.05, 0.1) is 10.2 Å². The summed E-state index contributed by atoms with van der Waals surface area (Å²) in [4.78, 5) is 45.4. The van der Waals surface area contributed by atoms with Gasteiger partial charge in [-0.25, -0.2) is 9.78 Å². The van der Waals surface area contributed by atoms with Crippen LogP contribution in [0.5, 0.6) is 0 Å². The summed E-state index contributed by atoms with van der Waals surface area (Å²) in [6, 6.07) is 14.3. The van der Waals surface area contributed by atoms with Crippen LogP contribution in [0.4, 0.5) is 9.93 Å². The summed E-state index contributed by atoms with van der Waals surface area (Å²) in [6.45, 7) is 5.77. The zero-order chi connectivity index (χ0) is 22.7. The summed E-state index contributed by atoms with van der Waals surface area (Å²) in [6.07, 6.45) is 0. The van der Waals surface area contributed by atoms with Gasteiger partial charge in [0, 0.05) is 43.3 Å². The molecule has 0 spiro atoms. The molecule has 32 heavy (non-hydrogen) atoms. The van der Waals surface area contributed by atoms with Crippen molar-refractivity contribution in [1.29, 1.82) is 0 Å². The summed E-state index contributed by atoms with van der Waals surface area (Å²) in [5, 5.41) is 6.23. The largest absolute Gasteiger partial charge is 0.336 e. The Morgan fingerprint density at radius 3 is 2.19 bits per heavy atom. The molecule has 0 bridgehead atoms. The van der Waals surface area contributed by atoms with Crippen LogP contribution < -0.4 is 10.6 Å². The van der Waals surface area contributed by atoms with Gasteiger partial charge >= 0.3 is 6.03 Å². The standard InChI is InChI=1S/C23H25N5O3S/c1-15(2)24-23(31)28-13-11-27(12-14-28)21(30)17-9-7-16(8-10-17)20(29)26-22-25-18-5-3-4-6-19(18)32-22/h3-10,15H,11-14H2,1-2H3,(H,24,31)(H,25,26,29). The van der Waals surface area contributed by atoms with E-state index in [-0.39, 0.29) is 23.9 Å². The van der Waals surface area contributed by atoms with E-state index in [9.17, 15) is 14.4 Å². The van der Waals surface area contributed by atoms with Gasteiger partial charge in [0.1, 0.15) is 0 Å². The highest BCUT2D eigenvalue weighted by molar-refractivity contribution is 7.22. The second-order valence-electron chi connectivity index (χ2n) is 7.90. The van der Waals surface area contributed by atoms with Gasteiger partial charge in [-0.3, -0.25) is 14.9 Å². The van der Waals surface area contributed by atoms with E-state index in [1.807, 2.05) is 38.1 Å². The Hall–Kier alpha value is -3.46. The summed E-state index contributed by atoms with van der Waals surface area (Å²) in [7, 11) is 0.